The van der Waals surface area contributed by atoms with Crippen LogP contribution in [0.25, 0.3) is 0 Å². The number of nitrogens with one attached hydrogen (secondary N) is 1. The van der Waals surface area contributed by atoms with Gasteiger partial charge in [0.15, 0.2) is 0 Å². The molecule has 0 radical (unpaired) electrons. The highest BCUT2D eigenvalue weighted by atomic mass is 16.1. The van der Waals surface area contributed by atoms with E-state index in [4.69, 9.17) is 0 Å². The van der Waals surface area contributed by atoms with Crippen LogP contribution in [0.1, 0.15) is 112 Å². The van der Waals surface area contributed by atoms with Crippen molar-refractivity contribution in [3.8, 4) is 0 Å². The Morgan fingerprint density at radius 2 is 1.54 bits per heavy atom. The first-order chi connectivity index (χ1) is 12.2. The third-order valence-corrected chi connectivity index (χ3v) is 5.82. The molecule has 1 fully saturated rings. The van der Waals surface area contributed by atoms with E-state index in [-0.39, 0.29) is 16.7 Å². The van der Waals surface area contributed by atoms with Crippen molar-refractivity contribution in [2.45, 2.75) is 112 Å². The molecule has 2 atom stereocenters. The van der Waals surface area contributed by atoms with Gasteiger partial charge in [-0.05, 0) is 48.9 Å². The third kappa shape index (κ3) is 9.19. The maximum Gasteiger partial charge on any atom is 0.220 e. The van der Waals surface area contributed by atoms with Crippen LogP contribution in [0.4, 0.5) is 0 Å². The lowest BCUT2D eigenvalue weighted by Crippen LogP contribution is -2.44. The molecule has 2 unspecified atom stereocenters. The zero-order valence-corrected chi connectivity index (χ0v) is 18.1. The van der Waals surface area contributed by atoms with E-state index in [9.17, 15) is 9.59 Å². The molecule has 0 bridgehead atoms. The molecule has 1 amide bonds. The quantitative estimate of drug-likeness (QED) is 0.428. The fourth-order valence-electron chi connectivity index (χ4n) is 5.06. The molecule has 26 heavy (non-hydrogen) atoms. The molecule has 1 aliphatic carbocycles. The summed E-state index contributed by atoms with van der Waals surface area (Å²) in [6, 6.07) is 0. The first-order valence-corrected chi connectivity index (χ1v) is 11.0. The predicted molar refractivity (Wildman–Crippen MR) is 110 cm³/mol. The van der Waals surface area contributed by atoms with Gasteiger partial charge >= 0.3 is 0 Å². The first kappa shape index (κ1) is 23.2. The average molecular weight is 366 g/mol. The van der Waals surface area contributed by atoms with E-state index >= 15 is 0 Å². The number of amides is 1. The van der Waals surface area contributed by atoms with E-state index in [2.05, 4.69) is 39.9 Å². The van der Waals surface area contributed by atoms with Crippen LogP contribution < -0.4 is 5.32 Å². The molecule has 1 rings (SSSR count). The topological polar surface area (TPSA) is 46.2 Å². The molecule has 3 nitrogen and oxygen atoms in total. The Bertz CT molecular complexity index is 443. The van der Waals surface area contributed by atoms with Gasteiger partial charge in [-0.1, -0.05) is 60.3 Å². The number of hydrogen-bond acceptors (Lipinski definition) is 2. The van der Waals surface area contributed by atoms with Crippen molar-refractivity contribution in [2.75, 3.05) is 6.54 Å². The normalized spacial score (nSPS) is 25.0. The predicted octanol–water partition coefficient (Wildman–Crippen LogP) is 6.06. The lowest BCUT2D eigenvalue weighted by atomic mass is 9.60. The van der Waals surface area contributed by atoms with E-state index < -0.39 is 0 Å². The number of hydrogen-bond donors (Lipinski definition) is 1. The highest BCUT2D eigenvalue weighted by Gasteiger charge is 2.41. The van der Waals surface area contributed by atoms with Gasteiger partial charge in [0.2, 0.25) is 5.91 Å². The van der Waals surface area contributed by atoms with Crippen LogP contribution in [-0.2, 0) is 9.59 Å². The number of rotatable bonds is 12. The maximum atomic E-state index is 12.4. The Morgan fingerprint density at radius 1 is 0.923 bits per heavy atom. The van der Waals surface area contributed by atoms with E-state index in [1.54, 1.807) is 0 Å². The monoisotopic (exact) mass is 365 g/mol. The summed E-state index contributed by atoms with van der Waals surface area (Å²) in [6.45, 7) is 12.0. The minimum absolute atomic E-state index is 0.108. The van der Waals surface area contributed by atoms with Crippen LogP contribution in [0, 0.1) is 16.7 Å². The summed E-state index contributed by atoms with van der Waals surface area (Å²) in [4.78, 5) is 24.5. The summed E-state index contributed by atoms with van der Waals surface area (Å²) < 4.78 is 0. The van der Waals surface area contributed by atoms with Gasteiger partial charge in [0.05, 0.1) is 0 Å². The van der Waals surface area contributed by atoms with Crippen molar-refractivity contribution >= 4 is 11.7 Å². The Kier molecular flexibility index (Phi) is 9.89. The van der Waals surface area contributed by atoms with Crippen LogP contribution in [0.5, 0.6) is 0 Å². The second kappa shape index (κ2) is 11.1. The number of carbonyl (C=O) groups excluding carboxylic acids is 2. The van der Waals surface area contributed by atoms with Crippen LogP contribution in [0.15, 0.2) is 0 Å². The molecule has 1 N–H and O–H groups in total. The van der Waals surface area contributed by atoms with E-state index in [0.717, 1.165) is 70.8 Å². The molecule has 1 aliphatic rings. The van der Waals surface area contributed by atoms with Gasteiger partial charge in [-0.25, -0.2) is 0 Å². The SMILES string of the molecule is CCCCCC(=O)CC1CC(C)(C)CC(C)(CNC(=O)CCCCC)C1. The van der Waals surface area contributed by atoms with Crippen LogP contribution >= 0.6 is 0 Å². The summed E-state index contributed by atoms with van der Waals surface area (Å²) in [7, 11) is 0. The van der Waals surface area contributed by atoms with Crippen molar-refractivity contribution in [1.29, 1.82) is 0 Å². The van der Waals surface area contributed by atoms with Gasteiger partial charge in [0.25, 0.3) is 0 Å². The number of Topliss-reactive ketones (excluding diaryl/α,β-unsaturated/α-hetero) is 1. The van der Waals surface area contributed by atoms with Crippen molar-refractivity contribution in [2.24, 2.45) is 16.7 Å². The highest BCUT2D eigenvalue weighted by molar-refractivity contribution is 5.78. The molecule has 1 saturated carbocycles. The molecule has 0 aliphatic heterocycles. The summed E-state index contributed by atoms with van der Waals surface area (Å²) in [5, 5.41) is 3.18. The van der Waals surface area contributed by atoms with Gasteiger partial charge < -0.3 is 5.32 Å². The van der Waals surface area contributed by atoms with Crippen molar-refractivity contribution < 1.29 is 9.59 Å². The van der Waals surface area contributed by atoms with E-state index in [1.807, 2.05) is 0 Å². The number of ketones is 1. The smallest absolute Gasteiger partial charge is 0.220 e. The second-order valence-electron chi connectivity index (χ2n) is 9.86. The fourth-order valence-corrected chi connectivity index (χ4v) is 5.06. The largest absolute Gasteiger partial charge is 0.356 e. The Labute approximate surface area is 162 Å². The van der Waals surface area contributed by atoms with Crippen molar-refractivity contribution in [3.05, 3.63) is 0 Å². The molecule has 152 valence electrons. The molecule has 0 aromatic rings. The van der Waals surface area contributed by atoms with Gasteiger partial charge in [-0.15, -0.1) is 0 Å². The van der Waals surface area contributed by atoms with Crippen LogP contribution in [0.3, 0.4) is 0 Å². The van der Waals surface area contributed by atoms with E-state index in [1.165, 1.54) is 6.42 Å². The summed E-state index contributed by atoms with van der Waals surface area (Å²) in [5.74, 6) is 1.09. The standard InChI is InChI=1S/C23H43NO2/c1-6-8-10-12-20(25)14-19-15-22(3,4)17-23(5,16-19)18-24-21(26)13-11-9-7-2/h19H,6-18H2,1-5H3,(H,24,26). The molecule has 0 aromatic heterocycles. The minimum atomic E-state index is 0.108. The maximum absolute atomic E-state index is 12.4. The Balaban J connectivity index is 2.53. The Hall–Kier alpha value is -0.860. The zero-order chi connectivity index (χ0) is 19.6. The van der Waals surface area contributed by atoms with E-state index in [0.29, 0.717) is 18.1 Å². The number of carbonyl (C=O) groups is 2. The van der Waals surface area contributed by atoms with Gasteiger partial charge in [-0.3, -0.25) is 9.59 Å². The van der Waals surface area contributed by atoms with Gasteiger partial charge in [-0.2, -0.15) is 0 Å². The molecular weight excluding hydrogens is 322 g/mol. The van der Waals surface area contributed by atoms with Crippen molar-refractivity contribution in [1.82, 2.24) is 5.32 Å². The van der Waals surface area contributed by atoms with Crippen LogP contribution in [-0.4, -0.2) is 18.2 Å². The Morgan fingerprint density at radius 3 is 2.15 bits per heavy atom. The van der Waals surface area contributed by atoms with Gasteiger partial charge in [0, 0.05) is 25.8 Å². The number of unbranched alkanes of at least 4 members (excludes halogenated alkanes) is 4. The second-order valence-corrected chi connectivity index (χ2v) is 9.86. The molecule has 0 spiro atoms. The first-order valence-electron chi connectivity index (χ1n) is 11.0. The lowest BCUT2D eigenvalue weighted by Gasteiger charge is -2.47. The van der Waals surface area contributed by atoms with Crippen molar-refractivity contribution in [3.63, 3.8) is 0 Å². The molecule has 3 heteroatoms. The molecular formula is C23H43NO2. The van der Waals surface area contributed by atoms with Gasteiger partial charge in [0.1, 0.15) is 5.78 Å². The molecule has 0 saturated heterocycles. The summed E-state index contributed by atoms with van der Waals surface area (Å²) >= 11 is 0. The molecule has 0 aromatic carbocycles. The lowest BCUT2D eigenvalue weighted by molar-refractivity contribution is -0.123. The average Bonchev–Trinajstić information content (AvgIpc) is 2.51. The third-order valence-electron chi connectivity index (χ3n) is 5.82. The van der Waals surface area contributed by atoms with Crippen LogP contribution in [0.2, 0.25) is 0 Å². The molecule has 0 heterocycles. The fraction of sp³-hybridized carbons (Fsp3) is 0.913. The minimum Gasteiger partial charge on any atom is -0.356 e. The summed E-state index contributed by atoms with van der Waals surface area (Å²) in [5.41, 5.74) is 0.352. The highest BCUT2D eigenvalue weighted by Crippen LogP contribution is 2.49. The zero-order valence-electron chi connectivity index (χ0n) is 18.1. The summed E-state index contributed by atoms with van der Waals surface area (Å²) in [6.07, 6.45) is 12.1.